The normalized spacial score (nSPS) is 15.4. The molecule has 0 aliphatic carbocycles. The lowest BCUT2D eigenvalue weighted by atomic mass is 10.0. The zero-order valence-electron chi connectivity index (χ0n) is 11.6. The molecule has 6 nitrogen and oxygen atoms in total. The highest BCUT2D eigenvalue weighted by atomic mass is 16.5. The van der Waals surface area contributed by atoms with Gasteiger partial charge in [0.15, 0.2) is 0 Å². The molecule has 1 atom stereocenters. The summed E-state index contributed by atoms with van der Waals surface area (Å²) in [5.74, 6) is 0.0250. The van der Waals surface area contributed by atoms with Crippen molar-refractivity contribution in [2.45, 2.75) is 25.3 Å². The predicted octanol–water partition coefficient (Wildman–Crippen LogP) is 0.963. The van der Waals surface area contributed by atoms with E-state index in [0.29, 0.717) is 31.6 Å². The minimum atomic E-state index is -0.0235. The fourth-order valence-electron chi connectivity index (χ4n) is 2.35. The van der Waals surface area contributed by atoms with E-state index in [1.54, 1.807) is 7.11 Å². The average molecular weight is 279 g/mol. The molecule has 0 spiro atoms. The summed E-state index contributed by atoms with van der Waals surface area (Å²) in [6.45, 7) is 0.548. The van der Waals surface area contributed by atoms with Crippen LogP contribution in [0.15, 0.2) is 12.1 Å². The summed E-state index contributed by atoms with van der Waals surface area (Å²) in [4.78, 5) is 11.4. The minimum absolute atomic E-state index is 0.0235. The van der Waals surface area contributed by atoms with Crippen molar-refractivity contribution >= 4 is 23.0 Å². The lowest BCUT2D eigenvalue weighted by molar-refractivity contribution is -0.116. The number of aryl methyl sites for hydroxylation is 1. The number of hydrogen-bond donors (Lipinski definition) is 4. The van der Waals surface area contributed by atoms with E-state index in [4.69, 9.17) is 15.6 Å². The van der Waals surface area contributed by atoms with Crippen molar-refractivity contribution in [1.82, 2.24) is 0 Å². The second kappa shape index (κ2) is 6.58. The molecule has 1 aliphatic rings. The molecular weight excluding hydrogens is 258 g/mol. The second-order valence-electron chi connectivity index (χ2n) is 4.95. The Balaban J connectivity index is 2.18. The molecule has 1 aromatic rings. The van der Waals surface area contributed by atoms with Crippen molar-refractivity contribution in [2.75, 3.05) is 36.7 Å². The summed E-state index contributed by atoms with van der Waals surface area (Å²) < 4.78 is 5.11. The van der Waals surface area contributed by atoms with Gasteiger partial charge in [-0.25, -0.2) is 0 Å². The number of carbonyl (C=O) groups is 1. The van der Waals surface area contributed by atoms with E-state index in [-0.39, 0.29) is 18.6 Å². The Morgan fingerprint density at radius 3 is 3.00 bits per heavy atom. The average Bonchev–Trinajstić information content (AvgIpc) is 2.41. The van der Waals surface area contributed by atoms with Gasteiger partial charge in [-0.3, -0.25) is 4.79 Å². The molecule has 0 saturated heterocycles. The molecule has 1 amide bonds. The molecule has 0 saturated carbocycles. The van der Waals surface area contributed by atoms with Crippen LogP contribution in [0.25, 0.3) is 0 Å². The molecule has 0 fully saturated rings. The van der Waals surface area contributed by atoms with E-state index in [0.717, 1.165) is 16.9 Å². The number of rotatable bonds is 6. The van der Waals surface area contributed by atoms with Gasteiger partial charge in [-0.15, -0.1) is 0 Å². The number of amides is 1. The van der Waals surface area contributed by atoms with Crippen LogP contribution in [0.1, 0.15) is 18.4 Å². The Morgan fingerprint density at radius 1 is 1.50 bits per heavy atom. The first-order chi connectivity index (χ1) is 9.63. The van der Waals surface area contributed by atoms with Gasteiger partial charge in [0.2, 0.25) is 5.91 Å². The van der Waals surface area contributed by atoms with Crippen LogP contribution in [0.2, 0.25) is 0 Å². The number of fused-ring (bicyclic) bond motifs is 1. The van der Waals surface area contributed by atoms with Crippen molar-refractivity contribution in [3.63, 3.8) is 0 Å². The van der Waals surface area contributed by atoms with E-state index < -0.39 is 0 Å². The largest absolute Gasteiger partial charge is 0.397 e. The zero-order valence-corrected chi connectivity index (χ0v) is 11.6. The number of hydrogen-bond acceptors (Lipinski definition) is 5. The van der Waals surface area contributed by atoms with Crippen molar-refractivity contribution in [3.05, 3.63) is 17.7 Å². The minimum Gasteiger partial charge on any atom is -0.397 e. The summed E-state index contributed by atoms with van der Waals surface area (Å²) in [7, 11) is 1.61. The molecule has 20 heavy (non-hydrogen) atoms. The van der Waals surface area contributed by atoms with E-state index in [9.17, 15) is 4.79 Å². The maximum Gasteiger partial charge on any atom is 0.224 e. The molecule has 1 aromatic carbocycles. The maximum absolute atomic E-state index is 11.4. The quantitative estimate of drug-likeness (QED) is 0.582. The lowest BCUT2D eigenvalue weighted by Gasteiger charge is -2.23. The number of methoxy groups -OCH3 is 1. The summed E-state index contributed by atoms with van der Waals surface area (Å²) in [6, 6.07) is 3.71. The highest BCUT2D eigenvalue weighted by Gasteiger charge is 2.18. The zero-order chi connectivity index (χ0) is 14.5. The van der Waals surface area contributed by atoms with Gasteiger partial charge in [-0.05, 0) is 30.5 Å². The molecule has 1 aliphatic heterocycles. The fourth-order valence-corrected chi connectivity index (χ4v) is 2.35. The number of aliphatic hydroxyl groups excluding tert-OH is 1. The van der Waals surface area contributed by atoms with Crippen LogP contribution in [-0.2, 0) is 16.0 Å². The highest BCUT2D eigenvalue weighted by Crippen LogP contribution is 2.31. The Bertz CT molecular complexity index is 485. The molecule has 1 unspecified atom stereocenters. The Labute approximate surface area is 118 Å². The first-order valence-corrected chi connectivity index (χ1v) is 6.72. The Morgan fingerprint density at radius 2 is 2.30 bits per heavy atom. The molecule has 6 heteroatoms. The maximum atomic E-state index is 11.4. The van der Waals surface area contributed by atoms with E-state index in [2.05, 4.69) is 10.6 Å². The summed E-state index contributed by atoms with van der Waals surface area (Å²) in [5, 5.41) is 15.2. The summed E-state index contributed by atoms with van der Waals surface area (Å²) in [5.41, 5.74) is 9.29. The molecule has 110 valence electrons. The molecule has 0 aromatic heterocycles. The van der Waals surface area contributed by atoms with E-state index >= 15 is 0 Å². The van der Waals surface area contributed by atoms with Gasteiger partial charge in [0.1, 0.15) is 0 Å². The van der Waals surface area contributed by atoms with Gasteiger partial charge in [0.05, 0.1) is 24.0 Å². The van der Waals surface area contributed by atoms with Crippen LogP contribution in [-0.4, -0.2) is 37.4 Å². The molecule has 0 bridgehead atoms. The number of carbonyl (C=O) groups excluding carboxylic acids is 1. The SMILES string of the molecule is COCC(CCO)Nc1cc2c(cc1N)CCC(=O)N2. The van der Waals surface area contributed by atoms with Gasteiger partial charge in [-0.1, -0.05) is 0 Å². The first-order valence-electron chi connectivity index (χ1n) is 6.72. The number of ether oxygens (including phenoxy) is 1. The third-order valence-electron chi connectivity index (χ3n) is 3.38. The molecule has 2 rings (SSSR count). The van der Waals surface area contributed by atoms with Crippen molar-refractivity contribution in [2.24, 2.45) is 0 Å². The summed E-state index contributed by atoms with van der Waals surface area (Å²) in [6.07, 6.45) is 1.77. The van der Waals surface area contributed by atoms with Crippen molar-refractivity contribution < 1.29 is 14.6 Å². The smallest absolute Gasteiger partial charge is 0.224 e. The van der Waals surface area contributed by atoms with E-state index in [1.807, 2.05) is 12.1 Å². The molecule has 0 radical (unpaired) electrons. The second-order valence-corrected chi connectivity index (χ2v) is 4.95. The number of nitrogens with two attached hydrogens (primary N) is 1. The predicted molar refractivity (Wildman–Crippen MR) is 78.8 cm³/mol. The van der Waals surface area contributed by atoms with E-state index in [1.165, 1.54) is 0 Å². The summed E-state index contributed by atoms with van der Waals surface area (Å²) >= 11 is 0. The van der Waals surface area contributed by atoms with Crippen molar-refractivity contribution in [3.8, 4) is 0 Å². The Kier molecular flexibility index (Phi) is 4.81. The van der Waals surface area contributed by atoms with Crippen LogP contribution in [0.5, 0.6) is 0 Å². The molecular formula is C14H21N3O3. The van der Waals surface area contributed by atoms with Crippen molar-refractivity contribution in [1.29, 1.82) is 0 Å². The topological polar surface area (TPSA) is 96.6 Å². The van der Waals surface area contributed by atoms with Gasteiger partial charge in [-0.2, -0.15) is 0 Å². The number of nitrogens with one attached hydrogen (secondary N) is 2. The number of anilines is 3. The fraction of sp³-hybridized carbons (Fsp3) is 0.500. The van der Waals surface area contributed by atoms with Crippen LogP contribution < -0.4 is 16.4 Å². The third kappa shape index (κ3) is 3.40. The lowest BCUT2D eigenvalue weighted by Crippen LogP contribution is -2.27. The number of aliphatic hydroxyl groups is 1. The highest BCUT2D eigenvalue weighted by molar-refractivity contribution is 5.95. The van der Waals surface area contributed by atoms with Crippen LogP contribution in [0.4, 0.5) is 17.1 Å². The molecule has 5 N–H and O–H groups in total. The van der Waals surface area contributed by atoms with Crippen LogP contribution >= 0.6 is 0 Å². The number of benzene rings is 1. The molecule has 1 heterocycles. The van der Waals surface area contributed by atoms with Gasteiger partial charge in [0.25, 0.3) is 0 Å². The standard InChI is InChI=1S/C14H21N3O3/c1-20-8-10(4-5-18)16-13-7-12-9(6-11(13)15)2-3-14(19)17-12/h6-7,10,16,18H,2-5,8,15H2,1H3,(H,17,19). The monoisotopic (exact) mass is 279 g/mol. The van der Waals surface area contributed by atoms with Gasteiger partial charge in [0, 0.05) is 25.8 Å². The van der Waals surface area contributed by atoms with Gasteiger partial charge < -0.3 is 26.2 Å². The van der Waals surface area contributed by atoms with Crippen LogP contribution in [0.3, 0.4) is 0 Å². The van der Waals surface area contributed by atoms with Crippen LogP contribution in [0, 0.1) is 0 Å². The van der Waals surface area contributed by atoms with Gasteiger partial charge >= 0.3 is 0 Å². The Hall–Kier alpha value is -1.79. The first kappa shape index (κ1) is 14.6. The number of nitrogen functional groups attached to an aromatic ring is 1. The third-order valence-corrected chi connectivity index (χ3v) is 3.38.